The minimum Gasteiger partial charge on any atom is -0.353 e. The summed E-state index contributed by atoms with van der Waals surface area (Å²) in [5.41, 5.74) is 2.51. The van der Waals surface area contributed by atoms with Crippen molar-refractivity contribution in [3.8, 4) is 11.1 Å². The molecule has 7 nitrogen and oxygen atoms in total. The molecule has 1 aromatic carbocycles. The highest BCUT2D eigenvalue weighted by Crippen LogP contribution is 2.31. The van der Waals surface area contributed by atoms with E-state index in [4.69, 9.17) is 0 Å². The molecule has 5 rings (SSSR count). The molecule has 10 heteroatoms. The minimum atomic E-state index is -4.38. The molecule has 1 atom stereocenters. The fraction of sp³-hybridized carbons (Fsp3) is 0.250. The lowest BCUT2D eigenvalue weighted by molar-refractivity contribution is -0.137. The first-order valence-corrected chi connectivity index (χ1v) is 10.8. The lowest BCUT2D eigenvalue weighted by Gasteiger charge is -2.18. The highest BCUT2D eigenvalue weighted by atomic mass is 19.4. The average molecular weight is 466 g/mol. The molecule has 3 aromatic heterocycles. The normalized spacial score (nSPS) is 16.2. The van der Waals surface area contributed by atoms with Gasteiger partial charge in [-0.2, -0.15) is 13.2 Å². The number of halogens is 3. The number of rotatable bonds is 4. The Balaban J connectivity index is 1.22. The van der Waals surface area contributed by atoms with Gasteiger partial charge in [-0.1, -0.05) is 18.2 Å². The second kappa shape index (κ2) is 8.44. The van der Waals surface area contributed by atoms with Gasteiger partial charge in [0.1, 0.15) is 11.5 Å². The number of nitrogens with zero attached hydrogens (tertiary/aromatic N) is 5. The molecule has 34 heavy (non-hydrogen) atoms. The molecule has 4 aromatic rings. The smallest absolute Gasteiger partial charge is 0.353 e. The van der Waals surface area contributed by atoms with Crippen LogP contribution in [0.2, 0.25) is 0 Å². The van der Waals surface area contributed by atoms with Crippen molar-refractivity contribution >= 4 is 17.4 Å². The number of fused-ring (bicyclic) bond motifs is 1. The van der Waals surface area contributed by atoms with Crippen LogP contribution in [0.3, 0.4) is 0 Å². The van der Waals surface area contributed by atoms with Crippen molar-refractivity contribution in [1.82, 2.24) is 24.9 Å². The summed E-state index contributed by atoms with van der Waals surface area (Å²) in [5, 5.41) is 7.65. The summed E-state index contributed by atoms with van der Waals surface area (Å²) >= 11 is 0. The van der Waals surface area contributed by atoms with Crippen molar-refractivity contribution in [1.29, 1.82) is 0 Å². The van der Waals surface area contributed by atoms with Gasteiger partial charge < -0.3 is 10.2 Å². The van der Waals surface area contributed by atoms with Crippen molar-refractivity contribution in [2.45, 2.75) is 25.6 Å². The number of aryl methyl sites for hydroxylation is 1. The van der Waals surface area contributed by atoms with E-state index in [0.717, 1.165) is 42.3 Å². The highest BCUT2D eigenvalue weighted by molar-refractivity contribution is 5.92. The first-order valence-electron chi connectivity index (χ1n) is 10.8. The van der Waals surface area contributed by atoms with Crippen LogP contribution in [-0.2, 0) is 6.18 Å². The molecule has 1 aliphatic heterocycles. The van der Waals surface area contributed by atoms with Crippen molar-refractivity contribution in [3.05, 3.63) is 77.9 Å². The van der Waals surface area contributed by atoms with Gasteiger partial charge in [0.25, 0.3) is 5.91 Å². The fourth-order valence-electron chi connectivity index (χ4n) is 4.04. The number of anilines is 1. The SMILES string of the molecule is Cc1cnc2ccc(N3CC[C@H](NC(=O)c4ccc(-c5ccc(C(F)(F)F)cc5)cn4)C3)nn12. The molecule has 0 unspecified atom stereocenters. The summed E-state index contributed by atoms with van der Waals surface area (Å²) < 4.78 is 40.0. The fourth-order valence-corrected chi connectivity index (χ4v) is 4.04. The van der Waals surface area contributed by atoms with Gasteiger partial charge in [-0.25, -0.2) is 9.50 Å². The monoisotopic (exact) mass is 466 g/mol. The Labute approximate surface area is 193 Å². The molecule has 1 N–H and O–H groups in total. The van der Waals surface area contributed by atoms with E-state index in [0.29, 0.717) is 17.7 Å². The zero-order valence-electron chi connectivity index (χ0n) is 18.3. The van der Waals surface area contributed by atoms with Crippen molar-refractivity contribution in [2.75, 3.05) is 18.0 Å². The van der Waals surface area contributed by atoms with Crippen LogP contribution in [0.15, 0.2) is 60.9 Å². The van der Waals surface area contributed by atoms with Crippen LogP contribution in [0.25, 0.3) is 16.8 Å². The van der Waals surface area contributed by atoms with E-state index in [-0.39, 0.29) is 17.6 Å². The number of hydrogen-bond donors (Lipinski definition) is 1. The molecule has 4 heterocycles. The zero-order valence-corrected chi connectivity index (χ0v) is 18.3. The second-order valence-electron chi connectivity index (χ2n) is 8.27. The van der Waals surface area contributed by atoms with Crippen LogP contribution in [0, 0.1) is 6.92 Å². The van der Waals surface area contributed by atoms with Crippen LogP contribution < -0.4 is 10.2 Å². The number of amides is 1. The lowest BCUT2D eigenvalue weighted by atomic mass is 10.1. The second-order valence-corrected chi connectivity index (χ2v) is 8.27. The Morgan fingerprint density at radius 1 is 1.00 bits per heavy atom. The molecule has 1 amide bonds. The maximum absolute atomic E-state index is 12.7. The van der Waals surface area contributed by atoms with Crippen LogP contribution in [-0.4, -0.2) is 44.6 Å². The number of hydrogen-bond acceptors (Lipinski definition) is 5. The molecule has 1 fully saturated rings. The Hall–Kier alpha value is -3.95. The predicted octanol–water partition coefficient (Wildman–Crippen LogP) is 4.13. The van der Waals surface area contributed by atoms with E-state index in [1.54, 1.807) is 22.8 Å². The van der Waals surface area contributed by atoms with E-state index >= 15 is 0 Å². The molecule has 0 saturated carbocycles. The van der Waals surface area contributed by atoms with E-state index in [1.165, 1.54) is 18.3 Å². The van der Waals surface area contributed by atoms with E-state index < -0.39 is 11.7 Å². The summed E-state index contributed by atoms with van der Waals surface area (Å²) in [4.78, 5) is 23.3. The molecule has 1 saturated heterocycles. The standard InChI is InChI=1S/C24H21F3N6O/c1-15-12-29-21-8-9-22(31-33(15)21)32-11-10-19(14-32)30-23(34)20-7-4-17(13-28-20)16-2-5-18(6-3-16)24(25,26)27/h2-9,12-13,19H,10-11,14H2,1H3,(H,30,34)/t19-/m0/s1. The lowest BCUT2D eigenvalue weighted by Crippen LogP contribution is -2.37. The largest absolute Gasteiger partial charge is 0.416 e. The number of aromatic nitrogens is 4. The van der Waals surface area contributed by atoms with Gasteiger partial charge in [-0.15, -0.1) is 5.10 Å². The third-order valence-corrected chi connectivity index (χ3v) is 5.91. The molecule has 1 aliphatic rings. The Morgan fingerprint density at radius 3 is 2.47 bits per heavy atom. The Bertz CT molecular complexity index is 1330. The Morgan fingerprint density at radius 2 is 1.76 bits per heavy atom. The molecule has 0 bridgehead atoms. The molecule has 0 spiro atoms. The van der Waals surface area contributed by atoms with E-state index in [1.807, 2.05) is 19.1 Å². The molecular weight excluding hydrogens is 445 g/mol. The third-order valence-electron chi connectivity index (χ3n) is 5.91. The van der Waals surface area contributed by atoms with Crippen LogP contribution >= 0.6 is 0 Å². The van der Waals surface area contributed by atoms with Crippen LogP contribution in [0.4, 0.5) is 19.0 Å². The van der Waals surface area contributed by atoms with Gasteiger partial charge in [0.15, 0.2) is 5.65 Å². The van der Waals surface area contributed by atoms with Crippen molar-refractivity contribution in [2.24, 2.45) is 0 Å². The van der Waals surface area contributed by atoms with E-state index in [2.05, 4.69) is 25.3 Å². The number of alkyl halides is 3. The first kappa shape index (κ1) is 21.9. The number of nitrogens with one attached hydrogen (secondary N) is 1. The van der Waals surface area contributed by atoms with Crippen molar-refractivity contribution < 1.29 is 18.0 Å². The Kier molecular flexibility index (Phi) is 5.43. The maximum atomic E-state index is 12.7. The summed E-state index contributed by atoms with van der Waals surface area (Å²) in [6.07, 6.45) is -0.339. The zero-order chi connectivity index (χ0) is 23.9. The number of carbonyl (C=O) groups excluding carboxylic acids is 1. The molecular formula is C24H21F3N6O. The molecule has 0 aliphatic carbocycles. The van der Waals surface area contributed by atoms with Crippen LogP contribution in [0.5, 0.6) is 0 Å². The molecule has 174 valence electrons. The average Bonchev–Trinajstić information content (AvgIpc) is 3.45. The van der Waals surface area contributed by atoms with Gasteiger partial charge in [0.2, 0.25) is 0 Å². The number of pyridine rings is 1. The topological polar surface area (TPSA) is 75.4 Å². The number of carbonyl (C=O) groups is 1. The summed E-state index contributed by atoms with van der Waals surface area (Å²) in [7, 11) is 0. The number of benzene rings is 1. The molecule has 0 radical (unpaired) electrons. The first-order chi connectivity index (χ1) is 16.3. The summed E-state index contributed by atoms with van der Waals surface area (Å²) in [6, 6.07) is 11.9. The van der Waals surface area contributed by atoms with Gasteiger partial charge in [-0.05, 0) is 49.2 Å². The van der Waals surface area contributed by atoms with Crippen LogP contribution in [0.1, 0.15) is 28.2 Å². The third kappa shape index (κ3) is 4.30. The maximum Gasteiger partial charge on any atom is 0.416 e. The highest BCUT2D eigenvalue weighted by Gasteiger charge is 2.30. The number of imidazole rings is 1. The van der Waals surface area contributed by atoms with Gasteiger partial charge in [0.05, 0.1) is 17.5 Å². The van der Waals surface area contributed by atoms with Gasteiger partial charge in [0, 0.05) is 30.9 Å². The minimum absolute atomic E-state index is 0.0507. The van der Waals surface area contributed by atoms with E-state index in [9.17, 15) is 18.0 Å². The quantitative estimate of drug-likeness (QED) is 0.490. The van der Waals surface area contributed by atoms with Gasteiger partial charge >= 0.3 is 6.18 Å². The predicted molar refractivity (Wildman–Crippen MR) is 120 cm³/mol. The summed E-state index contributed by atoms with van der Waals surface area (Å²) in [6.45, 7) is 3.33. The summed E-state index contributed by atoms with van der Waals surface area (Å²) in [5.74, 6) is 0.532. The van der Waals surface area contributed by atoms with Crippen molar-refractivity contribution in [3.63, 3.8) is 0 Å². The van der Waals surface area contributed by atoms with Gasteiger partial charge in [-0.3, -0.25) is 9.78 Å².